The SMILES string of the molecule is CNC(=O)c1ccc(CNCc2cccc(CN(C)C(C)C)c2)cc1. The van der Waals surface area contributed by atoms with Gasteiger partial charge in [-0.1, -0.05) is 36.4 Å². The average Bonchev–Trinajstić information content (AvgIpc) is 2.62. The van der Waals surface area contributed by atoms with E-state index in [9.17, 15) is 4.79 Å². The van der Waals surface area contributed by atoms with Gasteiger partial charge in [-0.3, -0.25) is 9.69 Å². The van der Waals surface area contributed by atoms with Crippen LogP contribution in [-0.2, 0) is 19.6 Å². The smallest absolute Gasteiger partial charge is 0.251 e. The van der Waals surface area contributed by atoms with Crippen molar-refractivity contribution in [2.45, 2.75) is 39.5 Å². The molecule has 0 unspecified atom stereocenters. The topological polar surface area (TPSA) is 44.4 Å². The van der Waals surface area contributed by atoms with E-state index in [1.54, 1.807) is 7.05 Å². The zero-order valence-corrected chi connectivity index (χ0v) is 15.7. The number of nitrogens with one attached hydrogen (secondary N) is 2. The van der Waals surface area contributed by atoms with Gasteiger partial charge in [-0.05, 0) is 49.7 Å². The van der Waals surface area contributed by atoms with Crippen molar-refractivity contribution < 1.29 is 4.79 Å². The molecule has 134 valence electrons. The lowest BCUT2D eigenvalue weighted by Crippen LogP contribution is -2.25. The molecule has 0 fully saturated rings. The largest absolute Gasteiger partial charge is 0.355 e. The second kappa shape index (κ2) is 9.35. The van der Waals surface area contributed by atoms with E-state index in [0.717, 1.165) is 19.6 Å². The fourth-order valence-electron chi connectivity index (χ4n) is 2.58. The number of rotatable bonds is 8. The van der Waals surface area contributed by atoms with Crippen molar-refractivity contribution in [3.8, 4) is 0 Å². The van der Waals surface area contributed by atoms with Crippen molar-refractivity contribution in [1.29, 1.82) is 0 Å². The van der Waals surface area contributed by atoms with E-state index in [2.05, 4.69) is 60.7 Å². The molecule has 0 atom stereocenters. The van der Waals surface area contributed by atoms with Crippen LogP contribution in [0.2, 0.25) is 0 Å². The van der Waals surface area contributed by atoms with Gasteiger partial charge in [-0.2, -0.15) is 0 Å². The quantitative estimate of drug-likeness (QED) is 0.776. The molecule has 4 nitrogen and oxygen atoms in total. The first-order valence-electron chi connectivity index (χ1n) is 8.79. The summed E-state index contributed by atoms with van der Waals surface area (Å²) in [5, 5.41) is 6.10. The molecule has 2 aromatic carbocycles. The fourth-order valence-corrected chi connectivity index (χ4v) is 2.58. The highest BCUT2D eigenvalue weighted by atomic mass is 16.1. The van der Waals surface area contributed by atoms with Gasteiger partial charge >= 0.3 is 0 Å². The Morgan fingerprint density at radius 1 is 1.00 bits per heavy atom. The Balaban J connectivity index is 1.86. The number of benzene rings is 2. The van der Waals surface area contributed by atoms with Crippen LogP contribution in [0, 0.1) is 0 Å². The van der Waals surface area contributed by atoms with Gasteiger partial charge in [0, 0.05) is 38.3 Å². The van der Waals surface area contributed by atoms with E-state index in [0.29, 0.717) is 11.6 Å². The van der Waals surface area contributed by atoms with E-state index in [-0.39, 0.29) is 5.91 Å². The van der Waals surface area contributed by atoms with Crippen LogP contribution in [-0.4, -0.2) is 30.9 Å². The molecule has 1 amide bonds. The van der Waals surface area contributed by atoms with Gasteiger partial charge in [0.25, 0.3) is 5.91 Å². The monoisotopic (exact) mass is 339 g/mol. The van der Waals surface area contributed by atoms with Gasteiger partial charge in [0.15, 0.2) is 0 Å². The first-order chi connectivity index (χ1) is 12.0. The maximum Gasteiger partial charge on any atom is 0.251 e. The Morgan fingerprint density at radius 3 is 2.28 bits per heavy atom. The Morgan fingerprint density at radius 2 is 1.64 bits per heavy atom. The zero-order chi connectivity index (χ0) is 18.2. The van der Waals surface area contributed by atoms with Crippen molar-refractivity contribution in [3.63, 3.8) is 0 Å². The minimum atomic E-state index is -0.0531. The minimum absolute atomic E-state index is 0.0531. The maximum absolute atomic E-state index is 11.5. The first kappa shape index (κ1) is 19.2. The maximum atomic E-state index is 11.5. The highest BCUT2D eigenvalue weighted by molar-refractivity contribution is 5.93. The third-order valence-corrected chi connectivity index (χ3v) is 4.41. The van der Waals surface area contributed by atoms with Crippen LogP contribution in [0.25, 0.3) is 0 Å². The second-order valence-electron chi connectivity index (χ2n) is 6.71. The summed E-state index contributed by atoms with van der Waals surface area (Å²) >= 11 is 0. The highest BCUT2D eigenvalue weighted by Crippen LogP contribution is 2.10. The molecule has 0 aromatic heterocycles. The van der Waals surface area contributed by atoms with Crippen LogP contribution in [0.4, 0.5) is 0 Å². The Hall–Kier alpha value is -2.17. The predicted molar refractivity (Wildman–Crippen MR) is 103 cm³/mol. The third-order valence-electron chi connectivity index (χ3n) is 4.41. The van der Waals surface area contributed by atoms with Crippen molar-refractivity contribution in [2.75, 3.05) is 14.1 Å². The molecular formula is C21H29N3O. The molecule has 25 heavy (non-hydrogen) atoms. The third kappa shape index (κ3) is 6.00. The Labute approximate surface area is 151 Å². The summed E-state index contributed by atoms with van der Waals surface area (Å²) in [6, 6.07) is 17.0. The van der Waals surface area contributed by atoms with Crippen molar-refractivity contribution in [2.24, 2.45) is 0 Å². The van der Waals surface area contributed by atoms with Crippen molar-refractivity contribution in [3.05, 3.63) is 70.8 Å². The summed E-state index contributed by atoms with van der Waals surface area (Å²) in [7, 11) is 3.79. The number of nitrogens with zero attached hydrogens (tertiary/aromatic N) is 1. The first-order valence-corrected chi connectivity index (χ1v) is 8.79. The molecule has 2 rings (SSSR count). The van der Waals surface area contributed by atoms with E-state index >= 15 is 0 Å². The second-order valence-corrected chi connectivity index (χ2v) is 6.71. The summed E-state index contributed by atoms with van der Waals surface area (Å²) < 4.78 is 0. The van der Waals surface area contributed by atoms with Crippen molar-refractivity contribution >= 4 is 5.91 Å². The Kier molecular flexibility index (Phi) is 7.16. The molecule has 0 aliphatic carbocycles. The van der Waals surface area contributed by atoms with Crippen LogP contribution in [0.3, 0.4) is 0 Å². The van der Waals surface area contributed by atoms with Gasteiger partial charge in [-0.15, -0.1) is 0 Å². The molecular weight excluding hydrogens is 310 g/mol. The van der Waals surface area contributed by atoms with Gasteiger partial charge in [0.1, 0.15) is 0 Å². The molecule has 0 saturated carbocycles. The number of amides is 1. The van der Waals surface area contributed by atoms with E-state index in [1.165, 1.54) is 16.7 Å². The number of hydrogen-bond donors (Lipinski definition) is 2. The van der Waals surface area contributed by atoms with Crippen LogP contribution in [0.1, 0.15) is 40.9 Å². The van der Waals surface area contributed by atoms with E-state index in [1.807, 2.05) is 24.3 Å². The van der Waals surface area contributed by atoms with E-state index in [4.69, 9.17) is 0 Å². The molecule has 2 N–H and O–H groups in total. The van der Waals surface area contributed by atoms with E-state index < -0.39 is 0 Å². The normalized spacial score (nSPS) is 11.1. The molecule has 0 aliphatic heterocycles. The van der Waals surface area contributed by atoms with Gasteiger partial charge < -0.3 is 10.6 Å². The molecule has 0 saturated heterocycles. The summed E-state index contributed by atoms with van der Waals surface area (Å²) in [5.41, 5.74) is 4.48. The van der Waals surface area contributed by atoms with Crippen LogP contribution in [0.5, 0.6) is 0 Å². The molecule has 2 aromatic rings. The number of carbonyl (C=O) groups excluding carboxylic acids is 1. The molecule has 0 spiro atoms. The van der Waals surface area contributed by atoms with Gasteiger partial charge in [0.05, 0.1) is 0 Å². The van der Waals surface area contributed by atoms with Crippen molar-refractivity contribution in [1.82, 2.24) is 15.5 Å². The molecule has 0 aliphatic rings. The summed E-state index contributed by atoms with van der Waals surface area (Å²) in [5.74, 6) is -0.0531. The van der Waals surface area contributed by atoms with Crippen LogP contribution >= 0.6 is 0 Å². The fraction of sp³-hybridized carbons (Fsp3) is 0.381. The molecule has 0 radical (unpaired) electrons. The Bertz CT molecular complexity index is 680. The highest BCUT2D eigenvalue weighted by Gasteiger charge is 2.05. The molecule has 0 heterocycles. The summed E-state index contributed by atoms with van der Waals surface area (Å²) in [4.78, 5) is 13.9. The van der Waals surface area contributed by atoms with Gasteiger partial charge in [0.2, 0.25) is 0 Å². The number of carbonyl (C=O) groups is 1. The van der Waals surface area contributed by atoms with Crippen LogP contribution in [0.15, 0.2) is 48.5 Å². The van der Waals surface area contributed by atoms with Crippen LogP contribution < -0.4 is 10.6 Å². The lowest BCUT2D eigenvalue weighted by molar-refractivity contribution is 0.0963. The predicted octanol–water partition coefficient (Wildman–Crippen LogP) is 3.18. The van der Waals surface area contributed by atoms with Gasteiger partial charge in [-0.25, -0.2) is 0 Å². The number of hydrogen-bond acceptors (Lipinski definition) is 3. The molecule has 4 heteroatoms. The summed E-state index contributed by atoms with van der Waals surface area (Å²) in [6.07, 6.45) is 0. The minimum Gasteiger partial charge on any atom is -0.355 e. The average molecular weight is 339 g/mol. The standard InChI is InChI=1S/C21H29N3O/c1-16(2)24(4)15-19-7-5-6-18(12-19)14-23-13-17-8-10-20(11-9-17)21(25)22-3/h5-12,16,23H,13-15H2,1-4H3,(H,22,25). The zero-order valence-electron chi connectivity index (χ0n) is 15.7. The summed E-state index contributed by atoms with van der Waals surface area (Å²) in [6.45, 7) is 6.99. The molecule has 0 bridgehead atoms. The lowest BCUT2D eigenvalue weighted by atomic mass is 10.1. The lowest BCUT2D eigenvalue weighted by Gasteiger charge is -2.21.